The van der Waals surface area contributed by atoms with E-state index in [1.807, 2.05) is 30.3 Å². The number of aryl methyl sites for hydroxylation is 1. The van der Waals surface area contributed by atoms with E-state index in [-0.39, 0.29) is 0 Å². The molecular formula is C20H16N6. The molecule has 0 saturated heterocycles. The first-order chi connectivity index (χ1) is 12.7. The van der Waals surface area contributed by atoms with Crippen LogP contribution in [0.5, 0.6) is 0 Å². The Morgan fingerprint density at radius 1 is 0.923 bits per heavy atom. The van der Waals surface area contributed by atoms with Crippen molar-refractivity contribution in [3.63, 3.8) is 0 Å². The highest BCUT2D eigenvalue weighted by atomic mass is 15.1. The van der Waals surface area contributed by atoms with Crippen molar-refractivity contribution in [2.75, 3.05) is 5.32 Å². The van der Waals surface area contributed by atoms with E-state index >= 15 is 0 Å². The number of H-pyrrole nitrogens is 2. The molecule has 3 heterocycles. The van der Waals surface area contributed by atoms with Crippen LogP contribution in [0.2, 0.25) is 0 Å². The first-order valence-electron chi connectivity index (χ1n) is 8.37. The van der Waals surface area contributed by atoms with Crippen LogP contribution in [0.4, 0.5) is 11.5 Å². The molecule has 26 heavy (non-hydrogen) atoms. The van der Waals surface area contributed by atoms with Gasteiger partial charge in [0.15, 0.2) is 5.82 Å². The van der Waals surface area contributed by atoms with Gasteiger partial charge in [-0.2, -0.15) is 5.10 Å². The number of aromatic amines is 2. The quantitative estimate of drug-likeness (QED) is 0.450. The molecule has 0 aliphatic rings. The highest BCUT2D eigenvalue weighted by Crippen LogP contribution is 2.24. The molecule has 0 saturated carbocycles. The third-order valence-corrected chi connectivity index (χ3v) is 4.38. The molecule has 6 nitrogen and oxygen atoms in total. The summed E-state index contributed by atoms with van der Waals surface area (Å²) in [6.45, 7) is 2.05. The number of benzene rings is 2. The Kier molecular flexibility index (Phi) is 3.21. The highest BCUT2D eigenvalue weighted by Gasteiger charge is 2.06. The van der Waals surface area contributed by atoms with Crippen LogP contribution in [0.25, 0.3) is 33.2 Å². The molecule has 0 bridgehead atoms. The fourth-order valence-electron chi connectivity index (χ4n) is 3.15. The fourth-order valence-corrected chi connectivity index (χ4v) is 3.15. The predicted molar refractivity (Wildman–Crippen MR) is 103 cm³/mol. The fraction of sp³-hybridized carbons (Fsp3) is 0.0500. The molecule has 0 aliphatic heterocycles. The minimum atomic E-state index is 0.695. The molecule has 0 atom stereocenters. The number of anilines is 2. The Morgan fingerprint density at radius 2 is 1.85 bits per heavy atom. The van der Waals surface area contributed by atoms with E-state index in [0.717, 1.165) is 44.6 Å². The van der Waals surface area contributed by atoms with Crippen molar-refractivity contribution >= 4 is 33.3 Å². The number of rotatable bonds is 3. The van der Waals surface area contributed by atoms with E-state index in [4.69, 9.17) is 0 Å². The van der Waals surface area contributed by atoms with Gasteiger partial charge < -0.3 is 10.3 Å². The molecule has 0 fully saturated rings. The number of hydrogen-bond donors (Lipinski definition) is 3. The normalized spacial score (nSPS) is 11.3. The van der Waals surface area contributed by atoms with Gasteiger partial charge in [-0.05, 0) is 55.5 Å². The number of hydrogen-bond acceptors (Lipinski definition) is 4. The van der Waals surface area contributed by atoms with Crippen molar-refractivity contribution in [1.82, 2.24) is 25.1 Å². The van der Waals surface area contributed by atoms with E-state index in [1.54, 1.807) is 12.4 Å². The second-order valence-electron chi connectivity index (χ2n) is 6.32. The number of nitrogens with one attached hydrogen (secondary N) is 3. The smallest absolute Gasteiger partial charge is 0.161 e. The maximum Gasteiger partial charge on any atom is 0.161 e. The lowest BCUT2D eigenvalue weighted by molar-refractivity contribution is 1.12. The van der Waals surface area contributed by atoms with E-state index in [1.165, 1.54) is 0 Å². The Labute approximate surface area is 149 Å². The zero-order chi connectivity index (χ0) is 17.5. The zero-order valence-corrected chi connectivity index (χ0v) is 14.1. The summed E-state index contributed by atoms with van der Waals surface area (Å²) in [5.41, 5.74) is 5.22. The Balaban J connectivity index is 1.48. The molecule has 3 N–H and O–H groups in total. The third kappa shape index (κ3) is 2.57. The van der Waals surface area contributed by atoms with Crippen LogP contribution in [0.1, 0.15) is 5.69 Å². The standard InChI is InChI=1S/C20H16N6/c1-12-8-14-9-13(2-4-17(14)23-12)20-21-7-6-19(25-20)24-16-3-5-18-15(10-16)11-22-26-18/h2-11,23H,1H3,(H,22,26)(H,21,24,25). The molecule has 0 spiro atoms. The van der Waals surface area contributed by atoms with Crippen LogP contribution in [-0.2, 0) is 0 Å². The molecule has 0 amide bonds. The van der Waals surface area contributed by atoms with Crippen molar-refractivity contribution in [3.8, 4) is 11.4 Å². The van der Waals surface area contributed by atoms with Crippen LogP contribution in [0.3, 0.4) is 0 Å². The highest BCUT2D eigenvalue weighted by molar-refractivity contribution is 5.85. The van der Waals surface area contributed by atoms with Crippen molar-refractivity contribution in [1.29, 1.82) is 0 Å². The molecule has 126 valence electrons. The van der Waals surface area contributed by atoms with Crippen molar-refractivity contribution in [2.45, 2.75) is 6.92 Å². The van der Waals surface area contributed by atoms with E-state index in [0.29, 0.717) is 5.82 Å². The summed E-state index contributed by atoms with van der Waals surface area (Å²) in [5.74, 6) is 1.45. The maximum atomic E-state index is 4.66. The van der Waals surface area contributed by atoms with Gasteiger partial charge in [-0.1, -0.05) is 0 Å². The minimum Gasteiger partial charge on any atom is -0.359 e. The second-order valence-corrected chi connectivity index (χ2v) is 6.32. The van der Waals surface area contributed by atoms with Crippen molar-refractivity contribution in [2.24, 2.45) is 0 Å². The van der Waals surface area contributed by atoms with Gasteiger partial charge in [0.05, 0.1) is 11.7 Å². The Morgan fingerprint density at radius 3 is 2.81 bits per heavy atom. The van der Waals surface area contributed by atoms with Crippen LogP contribution >= 0.6 is 0 Å². The third-order valence-electron chi connectivity index (χ3n) is 4.38. The molecule has 2 aromatic carbocycles. The zero-order valence-electron chi connectivity index (χ0n) is 14.1. The summed E-state index contributed by atoms with van der Waals surface area (Å²) in [6.07, 6.45) is 3.58. The Hall–Kier alpha value is -3.67. The molecule has 0 unspecified atom stereocenters. The lowest BCUT2D eigenvalue weighted by Crippen LogP contribution is -1.96. The van der Waals surface area contributed by atoms with Gasteiger partial charge >= 0.3 is 0 Å². The van der Waals surface area contributed by atoms with E-state index in [2.05, 4.69) is 55.6 Å². The van der Waals surface area contributed by atoms with Gasteiger partial charge in [0.2, 0.25) is 0 Å². The number of nitrogens with zero attached hydrogens (tertiary/aromatic N) is 3. The van der Waals surface area contributed by atoms with Crippen LogP contribution < -0.4 is 5.32 Å². The molecule has 6 heteroatoms. The van der Waals surface area contributed by atoms with E-state index in [9.17, 15) is 0 Å². The molecule has 3 aromatic heterocycles. The lowest BCUT2D eigenvalue weighted by atomic mass is 10.1. The van der Waals surface area contributed by atoms with E-state index < -0.39 is 0 Å². The molecule has 5 rings (SSSR count). The summed E-state index contributed by atoms with van der Waals surface area (Å²) in [4.78, 5) is 12.4. The summed E-state index contributed by atoms with van der Waals surface area (Å²) in [5, 5.41) is 12.6. The molecule has 0 aliphatic carbocycles. The maximum absolute atomic E-state index is 4.66. The molecule has 0 radical (unpaired) electrons. The topological polar surface area (TPSA) is 82.3 Å². The summed E-state index contributed by atoms with van der Waals surface area (Å²) < 4.78 is 0. The van der Waals surface area contributed by atoms with Crippen LogP contribution in [0.15, 0.2) is 60.9 Å². The predicted octanol–water partition coefficient (Wildman–Crippen LogP) is 4.55. The summed E-state index contributed by atoms with van der Waals surface area (Å²) >= 11 is 0. The van der Waals surface area contributed by atoms with Gasteiger partial charge in [0.25, 0.3) is 0 Å². The largest absolute Gasteiger partial charge is 0.359 e. The first kappa shape index (κ1) is 14.7. The number of aromatic nitrogens is 5. The summed E-state index contributed by atoms with van der Waals surface area (Å²) in [6, 6.07) is 16.2. The average Bonchev–Trinajstić information content (AvgIpc) is 3.26. The van der Waals surface area contributed by atoms with Crippen molar-refractivity contribution < 1.29 is 0 Å². The average molecular weight is 340 g/mol. The monoisotopic (exact) mass is 340 g/mol. The van der Waals surface area contributed by atoms with Gasteiger partial charge in [0, 0.05) is 39.4 Å². The molecule has 5 aromatic rings. The second kappa shape index (κ2) is 5.70. The Bertz CT molecular complexity index is 1230. The van der Waals surface area contributed by atoms with Gasteiger partial charge in [-0.15, -0.1) is 0 Å². The van der Waals surface area contributed by atoms with Crippen LogP contribution in [0, 0.1) is 6.92 Å². The summed E-state index contributed by atoms with van der Waals surface area (Å²) in [7, 11) is 0. The van der Waals surface area contributed by atoms with Gasteiger partial charge in [-0.3, -0.25) is 5.10 Å². The van der Waals surface area contributed by atoms with Crippen LogP contribution in [-0.4, -0.2) is 25.1 Å². The minimum absolute atomic E-state index is 0.695. The van der Waals surface area contributed by atoms with Gasteiger partial charge in [-0.25, -0.2) is 9.97 Å². The van der Waals surface area contributed by atoms with Gasteiger partial charge in [0.1, 0.15) is 5.82 Å². The van der Waals surface area contributed by atoms with Crippen molar-refractivity contribution in [3.05, 3.63) is 66.6 Å². The SMILES string of the molecule is Cc1cc2cc(-c3nccc(Nc4ccc5[nH]ncc5c4)n3)ccc2[nH]1. The molecular weight excluding hydrogens is 324 g/mol. The first-order valence-corrected chi connectivity index (χ1v) is 8.37. The lowest BCUT2D eigenvalue weighted by Gasteiger charge is -2.07. The number of fused-ring (bicyclic) bond motifs is 2.